The summed E-state index contributed by atoms with van der Waals surface area (Å²) in [5.74, 6) is 2.37. The molecule has 156 valence electrons. The van der Waals surface area contributed by atoms with Crippen molar-refractivity contribution in [3.05, 3.63) is 59.1 Å². The highest BCUT2D eigenvalue weighted by atomic mass is 32.1. The van der Waals surface area contributed by atoms with Crippen LogP contribution in [0.2, 0.25) is 0 Å². The van der Waals surface area contributed by atoms with Gasteiger partial charge in [-0.1, -0.05) is 26.0 Å². The van der Waals surface area contributed by atoms with E-state index in [9.17, 15) is 4.79 Å². The van der Waals surface area contributed by atoms with Crippen LogP contribution in [0.4, 0.5) is 10.7 Å². The van der Waals surface area contributed by atoms with Crippen LogP contribution >= 0.6 is 11.3 Å². The van der Waals surface area contributed by atoms with Crippen molar-refractivity contribution in [3.8, 4) is 17.4 Å². The van der Waals surface area contributed by atoms with Gasteiger partial charge in [-0.25, -0.2) is 4.98 Å². The molecule has 1 N–H and O–H groups in total. The van der Waals surface area contributed by atoms with E-state index >= 15 is 0 Å². The smallest absolute Gasteiger partial charge is 0.261 e. The molecule has 3 aromatic rings. The van der Waals surface area contributed by atoms with Crippen molar-refractivity contribution >= 4 is 27.9 Å². The standard InChI is InChI=1S/C23H25N3O3S/c1-15(2)11-13-24-22(27)19-9-10-20(30-19)26-14-16-6-4-8-18(28-3)21(16)29-23-17(26)7-5-12-25-23/h4-10,12,15H,11,13-14H2,1-3H3,(H,24,27). The van der Waals surface area contributed by atoms with E-state index in [0.29, 0.717) is 41.3 Å². The lowest BCUT2D eigenvalue weighted by atomic mass is 10.1. The van der Waals surface area contributed by atoms with Gasteiger partial charge in [-0.15, -0.1) is 11.3 Å². The highest BCUT2D eigenvalue weighted by Gasteiger charge is 2.26. The molecule has 30 heavy (non-hydrogen) atoms. The second-order valence-electron chi connectivity index (χ2n) is 7.54. The first-order chi connectivity index (χ1) is 14.6. The van der Waals surface area contributed by atoms with Crippen LogP contribution in [-0.4, -0.2) is 24.5 Å². The molecule has 0 bridgehead atoms. The normalized spacial score (nSPS) is 12.6. The number of methoxy groups -OCH3 is 1. The summed E-state index contributed by atoms with van der Waals surface area (Å²) in [5, 5.41) is 3.96. The molecule has 0 fully saturated rings. The Labute approximate surface area is 180 Å². The van der Waals surface area contributed by atoms with Crippen molar-refractivity contribution in [3.63, 3.8) is 0 Å². The van der Waals surface area contributed by atoms with Crippen molar-refractivity contribution in [2.24, 2.45) is 5.92 Å². The average Bonchev–Trinajstić information content (AvgIpc) is 3.16. The maximum atomic E-state index is 12.5. The van der Waals surface area contributed by atoms with E-state index in [4.69, 9.17) is 9.47 Å². The lowest BCUT2D eigenvalue weighted by Gasteiger charge is -2.21. The average molecular weight is 424 g/mol. The summed E-state index contributed by atoms with van der Waals surface area (Å²) in [6.07, 6.45) is 2.67. The van der Waals surface area contributed by atoms with Crippen molar-refractivity contribution < 1.29 is 14.3 Å². The number of hydrogen-bond donors (Lipinski definition) is 1. The van der Waals surface area contributed by atoms with Crippen LogP contribution in [0.5, 0.6) is 17.4 Å². The zero-order chi connectivity index (χ0) is 21.1. The van der Waals surface area contributed by atoms with E-state index in [0.717, 1.165) is 22.7 Å². The van der Waals surface area contributed by atoms with E-state index < -0.39 is 0 Å². The van der Waals surface area contributed by atoms with Crippen LogP contribution in [0, 0.1) is 5.92 Å². The quantitative estimate of drug-likeness (QED) is 0.577. The van der Waals surface area contributed by atoms with Crippen LogP contribution in [0.25, 0.3) is 0 Å². The minimum Gasteiger partial charge on any atom is -0.493 e. The molecule has 1 aliphatic rings. The highest BCUT2D eigenvalue weighted by Crippen LogP contribution is 2.45. The second kappa shape index (κ2) is 8.75. The predicted octanol–water partition coefficient (Wildman–Crippen LogP) is 5.37. The molecule has 0 saturated carbocycles. The van der Waals surface area contributed by atoms with Gasteiger partial charge in [0.2, 0.25) is 5.88 Å². The van der Waals surface area contributed by atoms with E-state index in [1.807, 2.05) is 42.5 Å². The zero-order valence-electron chi connectivity index (χ0n) is 17.3. The van der Waals surface area contributed by atoms with Crippen molar-refractivity contribution in [1.29, 1.82) is 0 Å². The molecular formula is C23H25N3O3S. The molecular weight excluding hydrogens is 398 g/mol. The van der Waals surface area contributed by atoms with Crippen molar-refractivity contribution in [1.82, 2.24) is 10.3 Å². The third-order valence-electron chi connectivity index (χ3n) is 4.94. The molecule has 7 heteroatoms. The van der Waals surface area contributed by atoms with Crippen LogP contribution in [0.1, 0.15) is 35.5 Å². The van der Waals surface area contributed by atoms with Gasteiger partial charge in [0.15, 0.2) is 11.5 Å². The van der Waals surface area contributed by atoms with Gasteiger partial charge in [0.05, 0.1) is 23.5 Å². The molecule has 1 aliphatic heterocycles. The Morgan fingerprint density at radius 1 is 1.27 bits per heavy atom. The number of hydrogen-bond acceptors (Lipinski definition) is 6. The van der Waals surface area contributed by atoms with Crippen molar-refractivity contribution in [2.75, 3.05) is 18.6 Å². The molecule has 0 aliphatic carbocycles. The number of carbonyl (C=O) groups is 1. The molecule has 6 nitrogen and oxygen atoms in total. The number of benzene rings is 1. The Morgan fingerprint density at radius 3 is 2.93 bits per heavy atom. The number of anilines is 2. The zero-order valence-corrected chi connectivity index (χ0v) is 18.2. The molecule has 0 radical (unpaired) electrons. The number of nitrogens with one attached hydrogen (secondary N) is 1. The maximum Gasteiger partial charge on any atom is 0.261 e. The number of nitrogens with zero attached hydrogens (tertiary/aromatic N) is 2. The van der Waals surface area contributed by atoms with Gasteiger partial charge in [-0.2, -0.15) is 0 Å². The lowest BCUT2D eigenvalue weighted by molar-refractivity contribution is 0.0956. The van der Waals surface area contributed by atoms with Crippen LogP contribution in [-0.2, 0) is 6.54 Å². The van der Waals surface area contributed by atoms with Crippen molar-refractivity contribution in [2.45, 2.75) is 26.8 Å². The molecule has 0 spiro atoms. The molecule has 0 unspecified atom stereocenters. The fourth-order valence-corrected chi connectivity index (χ4v) is 4.27. The van der Waals surface area contributed by atoms with Gasteiger partial charge in [0.1, 0.15) is 5.69 Å². The first-order valence-electron chi connectivity index (χ1n) is 10.0. The number of fused-ring (bicyclic) bond motifs is 2. The third-order valence-corrected chi connectivity index (χ3v) is 6.05. The Hall–Kier alpha value is -3.06. The molecule has 2 aromatic heterocycles. The maximum absolute atomic E-state index is 12.5. The lowest BCUT2D eigenvalue weighted by Crippen LogP contribution is -2.24. The number of carbonyl (C=O) groups excluding carboxylic acids is 1. The Balaban J connectivity index is 1.65. The predicted molar refractivity (Wildman–Crippen MR) is 119 cm³/mol. The summed E-state index contributed by atoms with van der Waals surface area (Å²) in [5.41, 5.74) is 1.84. The Morgan fingerprint density at radius 2 is 2.13 bits per heavy atom. The summed E-state index contributed by atoms with van der Waals surface area (Å²) in [6.45, 7) is 5.56. The number of ether oxygens (including phenoxy) is 2. The first-order valence-corrected chi connectivity index (χ1v) is 10.8. The van der Waals surface area contributed by atoms with E-state index in [-0.39, 0.29) is 5.91 Å². The van der Waals surface area contributed by atoms with Crippen LogP contribution in [0.3, 0.4) is 0 Å². The van der Waals surface area contributed by atoms with E-state index in [1.165, 1.54) is 11.3 Å². The van der Waals surface area contributed by atoms with Gasteiger partial charge in [0, 0.05) is 18.3 Å². The van der Waals surface area contributed by atoms with Crippen LogP contribution in [0.15, 0.2) is 48.7 Å². The monoisotopic (exact) mass is 423 g/mol. The second-order valence-corrected chi connectivity index (χ2v) is 8.60. The Bertz CT molecular complexity index is 1050. The summed E-state index contributed by atoms with van der Waals surface area (Å²) < 4.78 is 11.6. The minimum absolute atomic E-state index is 0.0357. The SMILES string of the molecule is COc1cccc2c1Oc1ncccc1N(c1ccc(C(=O)NCCC(C)C)s1)C2. The number of aromatic nitrogens is 1. The fraction of sp³-hybridized carbons (Fsp3) is 0.304. The molecule has 1 amide bonds. The van der Waals surface area contributed by atoms with Gasteiger partial charge >= 0.3 is 0 Å². The summed E-state index contributed by atoms with van der Waals surface area (Å²) in [4.78, 5) is 19.8. The fourth-order valence-electron chi connectivity index (χ4n) is 3.33. The van der Waals surface area contributed by atoms with Crippen LogP contribution < -0.4 is 19.7 Å². The van der Waals surface area contributed by atoms with Gasteiger partial charge < -0.3 is 19.7 Å². The molecule has 3 heterocycles. The summed E-state index contributed by atoms with van der Waals surface area (Å²) >= 11 is 1.46. The van der Waals surface area contributed by atoms with Gasteiger partial charge in [-0.05, 0) is 42.7 Å². The Kier molecular flexibility index (Phi) is 5.90. The number of rotatable bonds is 6. The van der Waals surface area contributed by atoms with Gasteiger partial charge in [-0.3, -0.25) is 4.79 Å². The third kappa shape index (κ3) is 4.11. The summed E-state index contributed by atoms with van der Waals surface area (Å²) in [7, 11) is 1.63. The molecule has 0 atom stereocenters. The van der Waals surface area contributed by atoms with E-state index in [2.05, 4.69) is 29.0 Å². The molecule has 4 rings (SSSR count). The molecule has 1 aromatic carbocycles. The largest absolute Gasteiger partial charge is 0.493 e. The number of thiophene rings is 1. The molecule has 0 saturated heterocycles. The van der Waals surface area contributed by atoms with Gasteiger partial charge in [0.25, 0.3) is 5.91 Å². The summed E-state index contributed by atoms with van der Waals surface area (Å²) in [6, 6.07) is 13.6. The van der Waals surface area contributed by atoms with E-state index in [1.54, 1.807) is 13.3 Å². The number of amides is 1. The first kappa shape index (κ1) is 20.2. The topological polar surface area (TPSA) is 63.7 Å². The number of para-hydroxylation sites is 1. The highest BCUT2D eigenvalue weighted by molar-refractivity contribution is 7.18. The minimum atomic E-state index is -0.0357. The number of pyridine rings is 1.